The fourth-order valence-corrected chi connectivity index (χ4v) is 3.00. The molecule has 0 bridgehead atoms. The van der Waals surface area contributed by atoms with Crippen molar-refractivity contribution in [3.63, 3.8) is 0 Å². The van der Waals surface area contributed by atoms with Gasteiger partial charge in [-0.1, -0.05) is 33.8 Å². The van der Waals surface area contributed by atoms with Crippen LogP contribution >= 0.6 is 0 Å². The Morgan fingerprint density at radius 1 is 1.37 bits per heavy atom. The van der Waals surface area contributed by atoms with Crippen molar-refractivity contribution < 1.29 is 0 Å². The van der Waals surface area contributed by atoms with Crippen LogP contribution in [0.25, 0.3) is 0 Å². The van der Waals surface area contributed by atoms with Crippen molar-refractivity contribution in [2.75, 3.05) is 19.6 Å². The molecule has 0 N–H and O–H groups in total. The van der Waals surface area contributed by atoms with Crippen LogP contribution in [0.15, 0.2) is 12.3 Å². The van der Waals surface area contributed by atoms with Crippen molar-refractivity contribution in [1.82, 2.24) is 9.88 Å². The molecule has 0 amide bonds. The Morgan fingerprint density at radius 2 is 2.11 bits per heavy atom. The molecule has 0 unspecified atom stereocenters. The SMILES string of the molecule is Cc1cnc(C(C)(C)C)c(CCN2CC[C@H](C)C2)c1. The number of pyridine rings is 1. The van der Waals surface area contributed by atoms with E-state index in [1.807, 2.05) is 6.20 Å². The first-order valence-corrected chi connectivity index (χ1v) is 7.54. The first kappa shape index (κ1) is 14.5. The molecule has 19 heavy (non-hydrogen) atoms. The summed E-state index contributed by atoms with van der Waals surface area (Å²) in [6.07, 6.45) is 4.49. The maximum atomic E-state index is 4.69. The summed E-state index contributed by atoms with van der Waals surface area (Å²) in [5, 5.41) is 0. The van der Waals surface area contributed by atoms with Crippen molar-refractivity contribution in [2.45, 2.75) is 52.9 Å². The fourth-order valence-electron chi connectivity index (χ4n) is 3.00. The number of aromatic nitrogens is 1. The lowest BCUT2D eigenvalue weighted by atomic mass is 9.87. The number of nitrogens with zero attached hydrogens (tertiary/aromatic N) is 2. The topological polar surface area (TPSA) is 16.1 Å². The van der Waals surface area contributed by atoms with Gasteiger partial charge in [0.1, 0.15) is 0 Å². The molecule has 0 spiro atoms. The predicted octanol–water partition coefficient (Wildman–Crippen LogP) is 3.57. The molecule has 1 atom stereocenters. The lowest BCUT2D eigenvalue weighted by Gasteiger charge is -2.23. The molecule has 2 heteroatoms. The Bertz CT molecular complexity index is 431. The van der Waals surface area contributed by atoms with Crippen LogP contribution in [0.4, 0.5) is 0 Å². The third kappa shape index (κ3) is 3.79. The molecule has 1 aromatic heterocycles. The minimum atomic E-state index is 0.140. The van der Waals surface area contributed by atoms with Crippen LogP contribution in [0.1, 0.15) is 50.9 Å². The van der Waals surface area contributed by atoms with E-state index in [1.54, 1.807) is 0 Å². The monoisotopic (exact) mass is 260 g/mol. The van der Waals surface area contributed by atoms with Gasteiger partial charge < -0.3 is 4.90 Å². The molecule has 0 radical (unpaired) electrons. The van der Waals surface area contributed by atoms with Crippen molar-refractivity contribution in [3.05, 3.63) is 29.1 Å². The van der Waals surface area contributed by atoms with Gasteiger partial charge in [0.25, 0.3) is 0 Å². The lowest BCUT2D eigenvalue weighted by molar-refractivity contribution is 0.331. The highest BCUT2D eigenvalue weighted by Gasteiger charge is 2.22. The summed E-state index contributed by atoms with van der Waals surface area (Å²) < 4.78 is 0. The minimum Gasteiger partial charge on any atom is -0.303 e. The third-order valence-electron chi connectivity index (χ3n) is 4.02. The van der Waals surface area contributed by atoms with Crippen LogP contribution in [-0.4, -0.2) is 29.5 Å². The molecule has 0 aromatic carbocycles. The maximum absolute atomic E-state index is 4.69. The summed E-state index contributed by atoms with van der Waals surface area (Å²) in [6, 6.07) is 2.33. The minimum absolute atomic E-state index is 0.140. The fraction of sp³-hybridized carbons (Fsp3) is 0.706. The quantitative estimate of drug-likeness (QED) is 0.826. The molecule has 1 aliphatic heterocycles. The van der Waals surface area contributed by atoms with Crippen molar-refractivity contribution in [2.24, 2.45) is 5.92 Å². The average Bonchev–Trinajstić information content (AvgIpc) is 2.71. The predicted molar refractivity (Wildman–Crippen MR) is 81.6 cm³/mol. The molecule has 106 valence electrons. The highest BCUT2D eigenvalue weighted by atomic mass is 15.1. The van der Waals surface area contributed by atoms with E-state index in [0.29, 0.717) is 0 Å². The molecule has 2 nitrogen and oxygen atoms in total. The highest BCUT2D eigenvalue weighted by molar-refractivity contribution is 5.29. The average molecular weight is 260 g/mol. The van der Waals surface area contributed by atoms with Crippen LogP contribution in [0.5, 0.6) is 0 Å². The van der Waals surface area contributed by atoms with Crippen LogP contribution < -0.4 is 0 Å². The van der Waals surface area contributed by atoms with Crippen LogP contribution in [0.3, 0.4) is 0 Å². The summed E-state index contributed by atoms with van der Waals surface area (Å²) in [6.45, 7) is 15.0. The van der Waals surface area contributed by atoms with Crippen molar-refractivity contribution in [3.8, 4) is 0 Å². The Kier molecular flexibility index (Phi) is 4.29. The van der Waals surface area contributed by atoms with Gasteiger partial charge in [0.05, 0.1) is 0 Å². The van der Waals surface area contributed by atoms with Crippen LogP contribution in [0, 0.1) is 12.8 Å². The number of hydrogen-bond donors (Lipinski definition) is 0. The van der Waals surface area contributed by atoms with Crippen LogP contribution in [0.2, 0.25) is 0 Å². The van der Waals surface area contributed by atoms with Gasteiger partial charge in [-0.15, -0.1) is 0 Å². The smallest absolute Gasteiger partial charge is 0.0489 e. The number of likely N-dealkylation sites (tertiary alicyclic amines) is 1. The van der Waals surface area contributed by atoms with E-state index in [2.05, 4.69) is 45.6 Å². The van der Waals surface area contributed by atoms with Gasteiger partial charge in [0, 0.05) is 30.4 Å². The normalized spacial score (nSPS) is 21.0. The van der Waals surface area contributed by atoms with E-state index in [0.717, 1.165) is 12.3 Å². The third-order valence-corrected chi connectivity index (χ3v) is 4.02. The summed E-state index contributed by atoms with van der Waals surface area (Å²) in [7, 11) is 0. The van der Waals surface area contributed by atoms with E-state index in [4.69, 9.17) is 4.98 Å². The van der Waals surface area contributed by atoms with Crippen LogP contribution in [-0.2, 0) is 11.8 Å². The van der Waals surface area contributed by atoms with E-state index in [-0.39, 0.29) is 5.41 Å². The van der Waals surface area contributed by atoms with Gasteiger partial charge in [-0.05, 0) is 43.4 Å². The van der Waals surface area contributed by atoms with Gasteiger partial charge >= 0.3 is 0 Å². The second-order valence-electron chi connectivity index (χ2n) is 7.21. The standard InChI is InChI=1S/C17H28N2/c1-13-6-8-19(12-13)9-7-15-10-14(2)11-18-16(15)17(3,4)5/h10-11,13H,6-9,12H2,1-5H3/t13-/m0/s1. The Hall–Kier alpha value is -0.890. The zero-order valence-electron chi connectivity index (χ0n) is 13.2. The summed E-state index contributed by atoms with van der Waals surface area (Å²) in [5.41, 5.74) is 4.12. The Labute approximate surface area is 118 Å². The summed E-state index contributed by atoms with van der Waals surface area (Å²) in [5.74, 6) is 0.873. The molecule has 1 aromatic rings. The molecular weight excluding hydrogens is 232 g/mol. The van der Waals surface area contributed by atoms with Gasteiger partial charge in [-0.3, -0.25) is 4.98 Å². The molecule has 1 fully saturated rings. The molecule has 2 heterocycles. The van der Waals surface area contributed by atoms with Gasteiger partial charge in [-0.2, -0.15) is 0 Å². The summed E-state index contributed by atoms with van der Waals surface area (Å²) in [4.78, 5) is 7.29. The summed E-state index contributed by atoms with van der Waals surface area (Å²) >= 11 is 0. The largest absolute Gasteiger partial charge is 0.303 e. The lowest BCUT2D eigenvalue weighted by Crippen LogP contribution is -2.25. The number of rotatable bonds is 3. The maximum Gasteiger partial charge on any atom is 0.0489 e. The van der Waals surface area contributed by atoms with E-state index in [1.165, 1.54) is 42.9 Å². The Balaban J connectivity index is 2.08. The van der Waals surface area contributed by atoms with Crippen molar-refractivity contribution >= 4 is 0 Å². The van der Waals surface area contributed by atoms with E-state index >= 15 is 0 Å². The molecule has 2 rings (SSSR count). The van der Waals surface area contributed by atoms with Crippen molar-refractivity contribution in [1.29, 1.82) is 0 Å². The van der Waals surface area contributed by atoms with Gasteiger partial charge in [0.2, 0.25) is 0 Å². The van der Waals surface area contributed by atoms with Gasteiger partial charge in [0.15, 0.2) is 0 Å². The first-order valence-electron chi connectivity index (χ1n) is 7.54. The highest BCUT2D eigenvalue weighted by Crippen LogP contribution is 2.25. The molecule has 0 saturated carbocycles. The second-order valence-corrected chi connectivity index (χ2v) is 7.21. The molecule has 1 aliphatic rings. The van der Waals surface area contributed by atoms with Gasteiger partial charge in [-0.25, -0.2) is 0 Å². The van der Waals surface area contributed by atoms with E-state index in [9.17, 15) is 0 Å². The van der Waals surface area contributed by atoms with E-state index < -0.39 is 0 Å². The molecular formula is C17H28N2. The number of hydrogen-bond acceptors (Lipinski definition) is 2. The zero-order valence-corrected chi connectivity index (χ0v) is 13.2. The Morgan fingerprint density at radius 3 is 2.68 bits per heavy atom. The molecule has 1 saturated heterocycles. The second kappa shape index (κ2) is 5.62. The zero-order chi connectivity index (χ0) is 14.0. The number of aryl methyl sites for hydroxylation is 1. The first-order chi connectivity index (χ1) is 8.86. The molecule has 0 aliphatic carbocycles.